The number of hydrogen-bond donors (Lipinski definition) is 1. The summed E-state index contributed by atoms with van der Waals surface area (Å²) in [5, 5.41) is 2.56. The predicted octanol–water partition coefficient (Wildman–Crippen LogP) is 3.94. The zero-order valence-corrected chi connectivity index (χ0v) is 13.0. The van der Waals surface area contributed by atoms with Gasteiger partial charge in [0, 0.05) is 30.0 Å². The van der Waals surface area contributed by atoms with Crippen molar-refractivity contribution < 1.29 is 22.8 Å². The monoisotopic (exact) mass is 335 g/mol. The maximum atomic E-state index is 13.6. The van der Waals surface area contributed by atoms with Crippen LogP contribution in [0.15, 0.2) is 42.5 Å². The van der Waals surface area contributed by atoms with Gasteiger partial charge < -0.3 is 5.32 Å². The van der Waals surface area contributed by atoms with Gasteiger partial charge in [0.15, 0.2) is 5.78 Å². The molecule has 2 aromatic carbocycles. The van der Waals surface area contributed by atoms with E-state index in [4.69, 9.17) is 0 Å². The van der Waals surface area contributed by atoms with Crippen molar-refractivity contribution in [3.05, 3.63) is 71.0 Å². The van der Waals surface area contributed by atoms with Crippen LogP contribution in [-0.2, 0) is 4.79 Å². The first-order valence-corrected chi connectivity index (χ1v) is 7.40. The predicted molar refractivity (Wildman–Crippen MR) is 82.9 cm³/mol. The molecule has 24 heavy (non-hydrogen) atoms. The van der Waals surface area contributed by atoms with Gasteiger partial charge in [0.1, 0.15) is 17.5 Å². The van der Waals surface area contributed by atoms with E-state index in [1.807, 2.05) is 0 Å². The highest BCUT2D eigenvalue weighted by molar-refractivity contribution is 5.97. The molecule has 0 aliphatic carbocycles. The van der Waals surface area contributed by atoms with Crippen LogP contribution in [0.3, 0.4) is 0 Å². The molecular formula is C18H16F3NO2. The lowest BCUT2D eigenvalue weighted by Gasteiger charge is -2.15. The number of rotatable bonds is 6. The molecule has 0 aliphatic heterocycles. The Bertz CT molecular complexity index is 744. The van der Waals surface area contributed by atoms with Gasteiger partial charge in [-0.3, -0.25) is 9.59 Å². The Hall–Kier alpha value is -2.63. The van der Waals surface area contributed by atoms with Gasteiger partial charge in [0.05, 0.1) is 6.04 Å². The maximum absolute atomic E-state index is 13.6. The molecule has 0 fully saturated rings. The Kier molecular flexibility index (Phi) is 5.73. The van der Waals surface area contributed by atoms with Crippen molar-refractivity contribution in [1.82, 2.24) is 5.32 Å². The molecule has 0 heterocycles. The van der Waals surface area contributed by atoms with Crippen molar-refractivity contribution in [1.29, 1.82) is 0 Å². The first kappa shape index (κ1) is 17.7. The van der Waals surface area contributed by atoms with Gasteiger partial charge >= 0.3 is 0 Å². The molecular weight excluding hydrogens is 319 g/mol. The summed E-state index contributed by atoms with van der Waals surface area (Å²) in [6, 6.07) is 7.52. The number of amides is 1. The molecule has 1 amide bonds. The normalized spacial score (nSPS) is 11.8. The van der Waals surface area contributed by atoms with E-state index >= 15 is 0 Å². The summed E-state index contributed by atoms with van der Waals surface area (Å²) in [6.07, 6.45) is -0.126. The lowest BCUT2D eigenvalue weighted by atomic mass is 10.1. The number of Topliss-reactive ketones (excluding diaryl/α,β-unsaturated/α-hetero) is 1. The van der Waals surface area contributed by atoms with E-state index in [0.717, 1.165) is 12.1 Å². The number of ketones is 1. The summed E-state index contributed by atoms with van der Waals surface area (Å²) in [4.78, 5) is 23.8. The van der Waals surface area contributed by atoms with E-state index in [2.05, 4.69) is 5.32 Å². The van der Waals surface area contributed by atoms with Crippen LogP contribution in [-0.4, -0.2) is 11.7 Å². The molecule has 0 saturated heterocycles. The largest absolute Gasteiger partial charge is 0.349 e. The molecule has 3 nitrogen and oxygen atoms in total. The van der Waals surface area contributed by atoms with Crippen molar-refractivity contribution in [2.24, 2.45) is 0 Å². The van der Waals surface area contributed by atoms with Crippen molar-refractivity contribution in [2.75, 3.05) is 0 Å². The second kappa shape index (κ2) is 7.77. The fraction of sp³-hybridized carbons (Fsp3) is 0.222. The standard InChI is InChI=1S/C18H16F3NO2/c1-11(15-7-6-14(20)10-16(15)21)22-18(24)9-8-17(23)12-2-4-13(19)5-3-12/h2-7,10-11H,8-9H2,1H3,(H,22,24)/t11-/m1/s1. The molecule has 0 aromatic heterocycles. The van der Waals surface area contributed by atoms with Crippen molar-refractivity contribution in [3.63, 3.8) is 0 Å². The zero-order valence-electron chi connectivity index (χ0n) is 13.0. The van der Waals surface area contributed by atoms with Crippen LogP contribution < -0.4 is 5.32 Å². The highest BCUT2D eigenvalue weighted by atomic mass is 19.1. The topological polar surface area (TPSA) is 46.2 Å². The fourth-order valence-corrected chi connectivity index (χ4v) is 2.25. The molecule has 2 aromatic rings. The highest BCUT2D eigenvalue weighted by Gasteiger charge is 2.15. The van der Waals surface area contributed by atoms with E-state index in [0.29, 0.717) is 5.56 Å². The van der Waals surface area contributed by atoms with Gasteiger partial charge in [-0.25, -0.2) is 13.2 Å². The first-order chi connectivity index (χ1) is 11.4. The Morgan fingerprint density at radius 3 is 2.21 bits per heavy atom. The number of carbonyl (C=O) groups excluding carboxylic acids is 2. The van der Waals surface area contributed by atoms with E-state index in [9.17, 15) is 22.8 Å². The molecule has 2 rings (SSSR count). The Labute approximate surface area is 137 Å². The zero-order chi connectivity index (χ0) is 17.7. The van der Waals surface area contributed by atoms with E-state index in [-0.39, 0.29) is 24.2 Å². The summed E-state index contributed by atoms with van der Waals surface area (Å²) in [5.41, 5.74) is 0.483. The summed E-state index contributed by atoms with van der Waals surface area (Å²) in [6.45, 7) is 1.57. The molecule has 0 saturated carbocycles. The molecule has 0 unspecified atom stereocenters. The molecule has 1 N–H and O–H groups in total. The first-order valence-electron chi connectivity index (χ1n) is 7.40. The van der Waals surface area contributed by atoms with Crippen molar-refractivity contribution in [3.8, 4) is 0 Å². The Morgan fingerprint density at radius 1 is 0.958 bits per heavy atom. The minimum absolute atomic E-state index is 0.0455. The van der Waals surface area contributed by atoms with Gasteiger partial charge in [0.2, 0.25) is 5.91 Å². The van der Waals surface area contributed by atoms with Crippen molar-refractivity contribution >= 4 is 11.7 Å². The molecule has 6 heteroatoms. The molecule has 0 bridgehead atoms. The van der Waals surface area contributed by atoms with E-state index in [1.165, 1.54) is 30.3 Å². The quantitative estimate of drug-likeness (QED) is 0.813. The SMILES string of the molecule is C[C@@H](NC(=O)CCC(=O)c1ccc(F)cc1)c1ccc(F)cc1F. The third-order valence-corrected chi connectivity index (χ3v) is 3.55. The van der Waals surface area contributed by atoms with Crippen molar-refractivity contribution in [2.45, 2.75) is 25.8 Å². The van der Waals surface area contributed by atoms with Gasteiger partial charge in [-0.1, -0.05) is 6.07 Å². The van der Waals surface area contributed by atoms with Crippen LogP contribution in [0.25, 0.3) is 0 Å². The number of hydrogen-bond acceptors (Lipinski definition) is 2. The smallest absolute Gasteiger partial charge is 0.220 e. The second-order valence-corrected chi connectivity index (χ2v) is 5.39. The lowest BCUT2D eigenvalue weighted by molar-refractivity contribution is -0.121. The minimum atomic E-state index is -0.745. The van der Waals surface area contributed by atoms with Crippen LogP contribution in [0.4, 0.5) is 13.2 Å². The summed E-state index contributed by atoms with van der Waals surface area (Å²) in [7, 11) is 0. The maximum Gasteiger partial charge on any atom is 0.220 e. The third kappa shape index (κ3) is 4.68. The van der Waals surface area contributed by atoms with Gasteiger partial charge in [0.25, 0.3) is 0 Å². The second-order valence-electron chi connectivity index (χ2n) is 5.39. The average molecular weight is 335 g/mol. The van der Waals surface area contributed by atoms with Crippen LogP contribution in [0.5, 0.6) is 0 Å². The molecule has 0 aliphatic rings. The molecule has 1 atom stereocenters. The Balaban J connectivity index is 1.88. The molecule has 0 spiro atoms. The summed E-state index contributed by atoms with van der Waals surface area (Å²) in [5.74, 6) is -2.60. The van der Waals surface area contributed by atoms with E-state index in [1.54, 1.807) is 6.92 Å². The number of carbonyl (C=O) groups is 2. The van der Waals surface area contributed by atoms with E-state index < -0.39 is 29.4 Å². The van der Waals surface area contributed by atoms with Crippen LogP contribution in [0.1, 0.15) is 41.7 Å². The molecule has 126 valence electrons. The van der Waals surface area contributed by atoms with Crippen LogP contribution in [0.2, 0.25) is 0 Å². The van der Waals surface area contributed by atoms with Gasteiger partial charge in [-0.15, -0.1) is 0 Å². The summed E-state index contributed by atoms with van der Waals surface area (Å²) >= 11 is 0. The average Bonchev–Trinajstić information content (AvgIpc) is 2.53. The van der Waals surface area contributed by atoms with Gasteiger partial charge in [-0.2, -0.15) is 0 Å². The number of nitrogens with one attached hydrogen (secondary N) is 1. The van der Waals surface area contributed by atoms with Crippen LogP contribution in [0, 0.1) is 17.5 Å². The Morgan fingerprint density at radius 2 is 1.58 bits per heavy atom. The number of halogens is 3. The third-order valence-electron chi connectivity index (χ3n) is 3.55. The molecule has 0 radical (unpaired) electrons. The number of benzene rings is 2. The van der Waals surface area contributed by atoms with Gasteiger partial charge in [-0.05, 0) is 37.3 Å². The fourth-order valence-electron chi connectivity index (χ4n) is 2.25. The van der Waals surface area contributed by atoms with Crippen LogP contribution >= 0.6 is 0 Å². The summed E-state index contributed by atoms with van der Waals surface area (Å²) < 4.78 is 39.3. The lowest BCUT2D eigenvalue weighted by Crippen LogP contribution is -2.27. The minimum Gasteiger partial charge on any atom is -0.349 e. The highest BCUT2D eigenvalue weighted by Crippen LogP contribution is 2.18.